The summed E-state index contributed by atoms with van der Waals surface area (Å²) in [5, 5.41) is 12.2. The molecule has 0 aromatic heterocycles. The molecule has 0 aliphatic carbocycles. The molecule has 4 heterocycles. The van der Waals surface area contributed by atoms with Crippen LogP contribution in [0.1, 0.15) is 45.2 Å². The van der Waals surface area contributed by atoms with Gasteiger partial charge in [-0.05, 0) is 70.4 Å². The Kier molecular flexibility index (Phi) is 10.2. The van der Waals surface area contributed by atoms with Crippen LogP contribution in [-0.2, 0) is 25.2 Å². The van der Waals surface area contributed by atoms with Gasteiger partial charge in [0.2, 0.25) is 5.91 Å². The molecule has 0 radical (unpaired) electrons. The van der Waals surface area contributed by atoms with Gasteiger partial charge in [0, 0.05) is 67.4 Å². The Morgan fingerprint density at radius 2 is 1.64 bits per heavy atom. The van der Waals surface area contributed by atoms with Gasteiger partial charge in [-0.15, -0.1) is 0 Å². The number of carboxylic acids is 1. The predicted molar refractivity (Wildman–Crippen MR) is 242 cm³/mol. The van der Waals surface area contributed by atoms with Crippen molar-refractivity contribution in [3.05, 3.63) is 137 Å². The summed E-state index contributed by atoms with van der Waals surface area (Å²) in [4.78, 5) is 48.8. The van der Waals surface area contributed by atoms with Crippen molar-refractivity contribution >= 4 is 79.6 Å². The molecule has 2 amide bonds. The maximum atomic E-state index is 13.8. The Balaban J connectivity index is 1.01. The molecule has 1 saturated heterocycles. The van der Waals surface area contributed by atoms with Crippen molar-refractivity contribution in [3.63, 3.8) is 0 Å². The van der Waals surface area contributed by atoms with E-state index in [1.165, 1.54) is 32.6 Å². The SMILES string of the molecule is CN(C(=O)CN1C(=O)C(=CC=C2Oc3ccccc3N2C)SC1=S)c1ccc2c(c1)C(C)(C)C(C=CC=C1N(C)c3ccc4ccccc4c3C1(C)C)N2CCC(=O)O. The minimum absolute atomic E-state index is 0.0219. The third kappa shape index (κ3) is 6.87. The number of nitrogens with zero attached hydrogens (tertiary/aromatic N) is 5. The Bertz CT molecular complexity index is 2570. The molecule has 4 aliphatic heterocycles. The number of fused-ring (bicyclic) bond motifs is 5. The summed E-state index contributed by atoms with van der Waals surface area (Å²) in [5.41, 5.74) is 6.49. The van der Waals surface area contributed by atoms with E-state index in [-0.39, 0.29) is 36.2 Å². The van der Waals surface area contributed by atoms with E-state index in [1.54, 1.807) is 24.1 Å². The number of hydrogen-bond donors (Lipinski definition) is 1. The predicted octanol–water partition coefficient (Wildman–Crippen LogP) is 8.73. The molecule has 59 heavy (non-hydrogen) atoms. The van der Waals surface area contributed by atoms with Gasteiger partial charge in [0.1, 0.15) is 10.9 Å². The van der Waals surface area contributed by atoms with E-state index >= 15 is 0 Å². The van der Waals surface area contributed by atoms with Gasteiger partial charge in [-0.1, -0.05) is 106 Å². The molecule has 10 nitrogen and oxygen atoms in total. The van der Waals surface area contributed by atoms with Gasteiger partial charge in [-0.2, -0.15) is 0 Å². The quantitative estimate of drug-likeness (QED) is 0.130. The number of thiocarbonyl (C=S) groups is 1. The number of carbonyl (C=O) groups excluding carboxylic acids is 2. The van der Waals surface area contributed by atoms with E-state index in [2.05, 4.69) is 99.2 Å². The Morgan fingerprint density at radius 1 is 0.915 bits per heavy atom. The topological polar surface area (TPSA) is 96.9 Å². The molecule has 4 aliphatic rings. The number of hydrogen-bond acceptors (Lipinski definition) is 9. The minimum atomic E-state index is -0.866. The van der Waals surface area contributed by atoms with E-state index in [1.807, 2.05) is 54.4 Å². The first-order chi connectivity index (χ1) is 28.1. The molecule has 1 unspecified atom stereocenters. The van der Waals surface area contributed by atoms with Gasteiger partial charge in [-0.25, -0.2) is 0 Å². The fraction of sp³-hybridized carbons (Fsp3) is 0.277. The lowest BCUT2D eigenvalue weighted by atomic mass is 9.79. The van der Waals surface area contributed by atoms with Crippen LogP contribution in [-0.4, -0.2) is 72.4 Å². The van der Waals surface area contributed by atoms with Crippen molar-refractivity contribution in [2.45, 2.75) is 51.0 Å². The number of amides is 2. The van der Waals surface area contributed by atoms with E-state index in [0.717, 1.165) is 34.4 Å². The number of allylic oxidation sites excluding steroid dienone is 5. The van der Waals surface area contributed by atoms with Crippen molar-refractivity contribution in [2.75, 3.05) is 53.8 Å². The van der Waals surface area contributed by atoms with Crippen molar-refractivity contribution in [1.29, 1.82) is 0 Å². The van der Waals surface area contributed by atoms with Crippen LogP contribution >= 0.6 is 24.0 Å². The van der Waals surface area contributed by atoms with Gasteiger partial charge in [0.25, 0.3) is 5.91 Å². The lowest BCUT2D eigenvalue weighted by Crippen LogP contribution is -2.41. The molecule has 1 N–H and O–H groups in total. The zero-order chi connectivity index (χ0) is 42.0. The van der Waals surface area contributed by atoms with E-state index in [9.17, 15) is 19.5 Å². The van der Waals surface area contributed by atoms with E-state index < -0.39 is 11.4 Å². The number of rotatable bonds is 9. The van der Waals surface area contributed by atoms with Gasteiger partial charge in [-0.3, -0.25) is 19.3 Å². The zero-order valence-electron chi connectivity index (χ0n) is 34.2. The molecule has 0 spiro atoms. The van der Waals surface area contributed by atoms with Crippen LogP contribution in [0.15, 0.2) is 126 Å². The molecule has 12 heteroatoms. The van der Waals surface area contributed by atoms with Crippen LogP contribution in [0.4, 0.5) is 22.7 Å². The molecule has 1 fully saturated rings. The van der Waals surface area contributed by atoms with Crippen molar-refractivity contribution in [1.82, 2.24) is 4.90 Å². The Morgan fingerprint density at radius 3 is 2.41 bits per heavy atom. The molecule has 4 aromatic rings. The number of anilines is 4. The van der Waals surface area contributed by atoms with Crippen LogP contribution < -0.4 is 24.3 Å². The maximum absolute atomic E-state index is 13.8. The number of carboxylic acid groups (broad SMARTS) is 1. The summed E-state index contributed by atoms with van der Waals surface area (Å²) in [5.74, 6) is -0.188. The summed E-state index contributed by atoms with van der Waals surface area (Å²) < 4.78 is 6.26. The highest BCUT2D eigenvalue weighted by Crippen LogP contribution is 2.51. The average Bonchev–Trinajstić information content (AvgIpc) is 3.82. The first-order valence-electron chi connectivity index (χ1n) is 19.6. The van der Waals surface area contributed by atoms with Crippen molar-refractivity contribution < 1.29 is 24.2 Å². The van der Waals surface area contributed by atoms with Gasteiger partial charge >= 0.3 is 5.97 Å². The van der Waals surface area contributed by atoms with Gasteiger partial charge in [0.05, 0.1) is 23.1 Å². The van der Waals surface area contributed by atoms with Crippen molar-refractivity contribution in [2.24, 2.45) is 0 Å². The Hall–Kier alpha value is -5.85. The Labute approximate surface area is 354 Å². The zero-order valence-corrected chi connectivity index (χ0v) is 35.9. The summed E-state index contributed by atoms with van der Waals surface area (Å²) in [6.07, 6.45) is 9.85. The molecule has 0 bridgehead atoms. The highest BCUT2D eigenvalue weighted by atomic mass is 32.2. The van der Waals surface area contributed by atoms with Crippen LogP contribution in [0.25, 0.3) is 10.8 Å². The standard InChI is InChI=1S/C47H47N5O5S2/c1-46(2)32-27-30(48(5)40(53)28-52-44(56)37(59-45(52)58)23-24-41-50(7)34-15-10-11-16-36(34)57-41)20-22-33(32)51(26-25-42(54)55)39(46)18-12-17-38-47(3,4)43-31-14-9-8-13-29(31)19-21-35(43)49(38)6/h8-24,27,39H,25-26,28H2,1-7H3,(H,54,55). The minimum Gasteiger partial charge on any atom is -0.481 e. The highest BCUT2D eigenvalue weighted by Gasteiger charge is 2.44. The third-order valence-corrected chi connectivity index (χ3v) is 13.5. The third-order valence-electron chi connectivity index (χ3n) is 12.1. The first-order valence-corrected chi connectivity index (χ1v) is 20.8. The summed E-state index contributed by atoms with van der Waals surface area (Å²) in [7, 11) is 5.70. The fourth-order valence-corrected chi connectivity index (χ4v) is 10.1. The average molecular weight is 826 g/mol. The van der Waals surface area contributed by atoms with Crippen LogP contribution in [0.2, 0.25) is 0 Å². The molecule has 1 atom stereocenters. The van der Waals surface area contributed by atoms with Crippen molar-refractivity contribution in [3.8, 4) is 5.75 Å². The lowest BCUT2D eigenvalue weighted by molar-refractivity contribution is -0.136. The van der Waals surface area contributed by atoms with Crippen LogP contribution in [0.3, 0.4) is 0 Å². The molecule has 8 rings (SSSR count). The monoisotopic (exact) mass is 825 g/mol. The molecule has 0 saturated carbocycles. The summed E-state index contributed by atoms with van der Waals surface area (Å²) in [6.45, 7) is 8.94. The maximum Gasteiger partial charge on any atom is 0.305 e. The molecule has 4 aromatic carbocycles. The number of para-hydroxylation sites is 2. The number of ether oxygens (including phenoxy) is 1. The number of carbonyl (C=O) groups is 3. The number of benzene rings is 4. The van der Waals surface area contributed by atoms with Gasteiger partial charge in [0.15, 0.2) is 11.6 Å². The second-order valence-electron chi connectivity index (χ2n) is 16.4. The number of aliphatic carboxylic acids is 1. The lowest BCUT2D eigenvalue weighted by Gasteiger charge is -2.32. The molecule has 302 valence electrons. The normalized spacial score (nSPS) is 21.0. The van der Waals surface area contributed by atoms with Crippen LogP contribution in [0, 0.1) is 0 Å². The summed E-state index contributed by atoms with van der Waals surface area (Å²) in [6, 6.07) is 26.3. The van der Waals surface area contributed by atoms with Crippen LogP contribution in [0.5, 0.6) is 5.75 Å². The second-order valence-corrected chi connectivity index (χ2v) is 18.1. The molecular formula is C47H47N5O5S2. The second kappa shape index (κ2) is 15.1. The summed E-state index contributed by atoms with van der Waals surface area (Å²) >= 11 is 6.72. The number of thioether (sulfide) groups is 1. The fourth-order valence-electron chi connectivity index (χ4n) is 8.91. The smallest absolute Gasteiger partial charge is 0.305 e. The van der Waals surface area contributed by atoms with E-state index in [0.29, 0.717) is 27.3 Å². The molecular weight excluding hydrogens is 779 g/mol. The highest BCUT2D eigenvalue weighted by molar-refractivity contribution is 8.26. The number of likely N-dealkylation sites (N-methyl/N-ethyl adjacent to an activating group) is 2. The van der Waals surface area contributed by atoms with Gasteiger partial charge < -0.3 is 29.4 Å². The van der Waals surface area contributed by atoms with E-state index in [4.69, 9.17) is 17.0 Å². The first kappa shape index (κ1) is 40.0. The largest absolute Gasteiger partial charge is 0.481 e.